The number of unbranched alkanes of at least 4 members (excludes halogenated alkanes) is 5. The second-order valence-electron chi connectivity index (χ2n) is 8.25. The van der Waals surface area contributed by atoms with Crippen LogP contribution in [-0.2, 0) is 13.6 Å². The van der Waals surface area contributed by atoms with E-state index in [1.165, 1.54) is 44.9 Å². The molecule has 4 nitrogen and oxygen atoms in total. The van der Waals surface area contributed by atoms with Crippen LogP contribution in [0.1, 0.15) is 112 Å². The van der Waals surface area contributed by atoms with Crippen molar-refractivity contribution in [1.82, 2.24) is 5.32 Å². The fourth-order valence-electron chi connectivity index (χ4n) is 3.26. The van der Waals surface area contributed by atoms with Gasteiger partial charge in [-0.2, -0.15) is 0 Å². The van der Waals surface area contributed by atoms with Crippen LogP contribution in [0.2, 0.25) is 0 Å². The van der Waals surface area contributed by atoms with Crippen LogP contribution in [-0.4, -0.2) is 26.0 Å². The summed E-state index contributed by atoms with van der Waals surface area (Å²) in [6.07, 6.45) is 14.4. The molecule has 0 aromatic heterocycles. The van der Waals surface area contributed by atoms with Crippen LogP contribution >= 0.6 is 7.60 Å². The highest BCUT2D eigenvalue weighted by atomic mass is 31.2. The van der Waals surface area contributed by atoms with Crippen molar-refractivity contribution in [3.05, 3.63) is 0 Å². The molecule has 0 fully saturated rings. The molecule has 0 radical (unpaired) electrons. The molecule has 0 aliphatic rings. The van der Waals surface area contributed by atoms with Crippen LogP contribution in [0.5, 0.6) is 0 Å². The summed E-state index contributed by atoms with van der Waals surface area (Å²) in [6, 6.07) is 0. The zero-order valence-electron chi connectivity index (χ0n) is 19.6. The highest BCUT2D eigenvalue weighted by molar-refractivity contribution is 7.53. The summed E-state index contributed by atoms with van der Waals surface area (Å²) in [5.41, 5.74) is 0. The first-order valence-electron chi connectivity index (χ1n) is 12.1. The molecule has 1 N–H and O–H groups in total. The van der Waals surface area contributed by atoms with Gasteiger partial charge in [-0.05, 0) is 37.6 Å². The molecule has 2 atom stereocenters. The van der Waals surface area contributed by atoms with E-state index >= 15 is 0 Å². The average molecular weight is 420 g/mol. The zero-order chi connectivity index (χ0) is 21.1. The van der Waals surface area contributed by atoms with E-state index in [-0.39, 0.29) is 0 Å². The van der Waals surface area contributed by atoms with Crippen molar-refractivity contribution in [2.75, 3.05) is 26.0 Å². The summed E-state index contributed by atoms with van der Waals surface area (Å²) in [5.74, 6) is 0.951. The number of hydrogen-bond acceptors (Lipinski definition) is 4. The first-order valence-corrected chi connectivity index (χ1v) is 13.9. The normalized spacial score (nSPS) is 16.0. The number of hydrogen-bond donors (Lipinski definition) is 1. The van der Waals surface area contributed by atoms with Gasteiger partial charge in [0.1, 0.15) is 0 Å². The first-order chi connectivity index (χ1) is 13.5. The minimum atomic E-state index is -3.08. The Morgan fingerprint density at radius 1 is 0.714 bits per heavy atom. The van der Waals surface area contributed by atoms with Crippen molar-refractivity contribution in [3.8, 4) is 0 Å². The standard InChI is InChI=1S/C23H50NO3P/c1-6-11-14-15-18-24-21-28(25,26-19-22(9-4)16-12-7-2)27-20-23(10-5)17-13-8-3/h22-24H,6-21H2,1-5H3. The van der Waals surface area contributed by atoms with Gasteiger partial charge in [0.05, 0.1) is 19.5 Å². The summed E-state index contributed by atoms with van der Waals surface area (Å²) in [4.78, 5) is 0. The molecule has 0 amide bonds. The summed E-state index contributed by atoms with van der Waals surface area (Å²) in [6.45, 7) is 13.0. The van der Waals surface area contributed by atoms with Crippen molar-refractivity contribution < 1.29 is 13.6 Å². The van der Waals surface area contributed by atoms with Gasteiger partial charge in [-0.3, -0.25) is 4.57 Å². The van der Waals surface area contributed by atoms with Gasteiger partial charge in [0.25, 0.3) is 0 Å². The molecule has 0 rings (SSSR count). The SMILES string of the molecule is CCCCCCNCP(=O)(OCC(CC)CCCC)OCC(CC)CCCC. The molecule has 0 heterocycles. The third-order valence-electron chi connectivity index (χ3n) is 5.61. The molecule has 0 spiro atoms. The smallest absolute Gasteiger partial charge is 0.307 e. The first kappa shape index (κ1) is 28.1. The van der Waals surface area contributed by atoms with Gasteiger partial charge in [-0.15, -0.1) is 0 Å². The molecule has 0 saturated heterocycles. The van der Waals surface area contributed by atoms with E-state index in [1.54, 1.807) is 0 Å². The maximum Gasteiger partial charge on any atom is 0.344 e. The third-order valence-corrected chi connectivity index (χ3v) is 7.31. The summed E-state index contributed by atoms with van der Waals surface area (Å²) in [7, 11) is -3.08. The van der Waals surface area contributed by atoms with Crippen LogP contribution < -0.4 is 5.32 Å². The molecule has 170 valence electrons. The second kappa shape index (κ2) is 19.1. The van der Waals surface area contributed by atoms with Crippen molar-refractivity contribution in [2.45, 2.75) is 112 Å². The van der Waals surface area contributed by atoms with Crippen LogP contribution in [0, 0.1) is 11.8 Å². The topological polar surface area (TPSA) is 47.6 Å². The lowest BCUT2D eigenvalue weighted by Crippen LogP contribution is -2.21. The molecule has 0 aromatic carbocycles. The summed E-state index contributed by atoms with van der Waals surface area (Å²) >= 11 is 0. The molecule has 0 aromatic rings. The minimum absolute atomic E-state index is 0.341. The van der Waals surface area contributed by atoms with Gasteiger partial charge in [0.2, 0.25) is 0 Å². The van der Waals surface area contributed by atoms with E-state index in [0.29, 0.717) is 31.3 Å². The monoisotopic (exact) mass is 419 g/mol. The number of nitrogens with one attached hydrogen (secondary N) is 1. The predicted molar refractivity (Wildman–Crippen MR) is 123 cm³/mol. The lowest BCUT2D eigenvalue weighted by Gasteiger charge is -2.24. The molecule has 0 aliphatic heterocycles. The van der Waals surface area contributed by atoms with Crippen molar-refractivity contribution >= 4 is 7.60 Å². The fourth-order valence-corrected chi connectivity index (χ4v) is 4.82. The van der Waals surface area contributed by atoms with Gasteiger partial charge in [-0.1, -0.05) is 92.4 Å². The Bertz CT molecular complexity index is 355. The lowest BCUT2D eigenvalue weighted by molar-refractivity contribution is 0.150. The van der Waals surface area contributed by atoms with Crippen LogP contribution in [0.15, 0.2) is 0 Å². The Labute approximate surface area is 176 Å². The van der Waals surface area contributed by atoms with Gasteiger partial charge in [0.15, 0.2) is 0 Å². The maximum absolute atomic E-state index is 13.4. The largest absolute Gasteiger partial charge is 0.344 e. The molecule has 5 heteroatoms. The van der Waals surface area contributed by atoms with Crippen LogP contribution in [0.4, 0.5) is 0 Å². The van der Waals surface area contributed by atoms with E-state index in [9.17, 15) is 4.57 Å². The van der Waals surface area contributed by atoms with Gasteiger partial charge >= 0.3 is 7.60 Å². The van der Waals surface area contributed by atoms with Crippen molar-refractivity contribution in [3.63, 3.8) is 0 Å². The average Bonchev–Trinajstić information content (AvgIpc) is 2.71. The Hall–Kier alpha value is 0.110. The Morgan fingerprint density at radius 2 is 1.21 bits per heavy atom. The van der Waals surface area contributed by atoms with E-state index in [4.69, 9.17) is 9.05 Å². The third kappa shape index (κ3) is 15.0. The summed E-state index contributed by atoms with van der Waals surface area (Å²) < 4.78 is 25.3. The van der Waals surface area contributed by atoms with Gasteiger partial charge < -0.3 is 14.4 Å². The molecule has 0 saturated carbocycles. The van der Waals surface area contributed by atoms with E-state index in [0.717, 1.165) is 38.6 Å². The Morgan fingerprint density at radius 3 is 1.64 bits per heavy atom. The predicted octanol–water partition coefficient (Wildman–Crippen LogP) is 7.77. The molecular weight excluding hydrogens is 369 g/mol. The van der Waals surface area contributed by atoms with Gasteiger partial charge in [-0.25, -0.2) is 0 Å². The van der Waals surface area contributed by atoms with Crippen molar-refractivity contribution in [1.29, 1.82) is 0 Å². The second-order valence-corrected chi connectivity index (χ2v) is 10.3. The van der Waals surface area contributed by atoms with Crippen molar-refractivity contribution in [2.24, 2.45) is 11.8 Å². The molecule has 2 unspecified atom stereocenters. The fraction of sp³-hybridized carbons (Fsp3) is 1.00. The van der Waals surface area contributed by atoms with E-state index < -0.39 is 7.60 Å². The molecule has 0 bridgehead atoms. The quantitative estimate of drug-likeness (QED) is 0.152. The zero-order valence-corrected chi connectivity index (χ0v) is 20.5. The van der Waals surface area contributed by atoms with Crippen LogP contribution in [0.25, 0.3) is 0 Å². The summed E-state index contributed by atoms with van der Waals surface area (Å²) in [5, 5.41) is 3.34. The number of rotatable bonds is 21. The van der Waals surface area contributed by atoms with E-state index in [2.05, 4.69) is 39.9 Å². The highest BCUT2D eigenvalue weighted by Crippen LogP contribution is 2.48. The lowest BCUT2D eigenvalue weighted by atomic mass is 10.0. The Kier molecular flexibility index (Phi) is 19.2. The molecular formula is C23H50NO3P. The highest BCUT2D eigenvalue weighted by Gasteiger charge is 2.27. The maximum atomic E-state index is 13.4. The van der Waals surface area contributed by atoms with Crippen LogP contribution in [0.3, 0.4) is 0 Å². The Balaban J connectivity index is 4.62. The van der Waals surface area contributed by atoms with E-state index in [1.807, 2.05) is 0 Å². The molecule has 28 heavy (non-hydrogen) atoms. The van der Waals surface area contributed by atoms with Gasteiger partial charge in [0, 0.05) is 0 Å². The minimum Gasteiger partial charge on any atom is -0.307 e. The molecule has 0 aliphatic carbocycles.